The summed E-state index contributed by atoms with van der Waals surface area (Å²) in [5, 5.41) is 1.31. The van der Waals surface area contributed by atoms with E-state index < -0.39 is 0 Å². The van der Waals surface area contributed by atoms with Gasteiger partial charge < -0.3 is 4.79 Å². The summed E-state index contributed by atoms with van der Waals surface area (Å²) in [5.41, 5.74) is 0.929. The molecule has 0 aromatic heterocycles. The van der Waals surface area contributed by atoms with Crippen molar-refractivity contribution in [3.05, 3.63) is 33.8 Å². The predicted molar refractivity (Wildman–Crippen MR) is 60.1 cm³/mol. The van der Waals surface area contributed by atoms with E-state index in [1.54, 1.807) is 12.1 Å². The first kappa shape index (κ1) is 11.5. The molecule has 0 heterocycles. The van der Waals surface area contributed by atoms with Crippen LogP contribution in [0, 0.1) is 5.92 Å². The van der Waals surface area contributed by atoms with Crippen molar-refractivity contribution in [1.29, 1.82) is 0 Å². The molecule has 2 atom stereocenters. The van der Waals surface area contributed by atoms with Crippen LogP contribution in [0.1, 0.15) is 25.3 Å². The van der Waals surface area contributed by atoms with Gasteiger partial charge in [-0.1, -0.05) is 37.0 Å². The SMILES string of the molecule is CC(C=O)C(C)c1cc(Cl)ccc1Cl. The highest BCUT2D eigenvalue weighted by atomic mass is 35.5. The summed E-state index contributed by atoms with van der Waals surface area (Å²) < 4.78 is 0. The minimum Gasteiger partial charge on any atom is -0.303 e. The van der Waals surface area contributed by atoms with Crippen molar-refractivity contribution in [3.63, 3.8) is 0 Å². The molecular formula is C11H12Cl2O. The fourth-order valence-corrected chi connectivity index (χ4v) is 1.73. The number of carbonyl (C=O) groups is 1. The Kier molecular flexibility index (Phi) is 3.97. The average molecular weight is 231 g/mol. The molecule has 0 saturated heterocycles. The molecule has 0 radical (unpaired) electrons. The zero-order valence-electron chi connectivity index (χ0n) is 8.13. The first-order valence-corrected chi connectivity index (χ1v) is 5.22. The quantitative estimate of drug-likeness (QED) is 0.720. The second kappa shape index (κ2) is 4.81. The van der Waals surface area contributed by atoms with Gasteiger partial charge in [0.05, 0.1) is 0 Å². The highest BCUT2D eigenvalue weighted by Crippen LogP contribution is 2.31. The van der Waals surface area contributed by atoms with E-state index >= 15 is 0 Å². The molecule has 0 saturated carbocycles. The van der Waals surface area contributed by atoms with Gasteiger partial charge in [-0.3, -0.25) is 0 Å². The zero-order valence-corrected chi connectivity index (χ0v) is 9.64. The molecule has 1 nitrogen and oxygen atoms in total. The van der Waals surface area contributed by atoms with Crippen LogP contribution in [0.15, 0.2) is 18.2 Å². The Morgan fingerprint density at radius 2 is 1.93 bits per heavy atom. The normalized spacial score (nSPS) is 14.9. The number of hydrogen-bond acceptors (Lipinski definition) is 1. The number of rotatable bonds is 3. The highest BCUT2D eigenvalue weighted by Gasteiger charge is 2.16. The van der Waals surface area contributed by atoms with E-state index in [9.17, 15) is 4.79 Å². The lowest BCUT2D eigenvalue weighted by Crippen LogP contribution is -2.07. The third kappa shape index (κ3) is 2.49. The van der Waals surface area contributed by atoms with E-state index in [0.717, 1.165) is 11.8 Å². The first-order valence-electron chi connectivity index (χ1n) is 4.46. The van der Waals surface area contributed by atoms with E-state index in [-0.39, 0.29) is 11.8 Å². The van der Waals surface area contributed by atoms with Crippen LogP contribution in [-0.2, 0) is 4.79 Å². The maximum Gasteiger partial charge on any atom is 0.123 e. The lowest BCUT2D eigenvalue weighted by atomic mass is 9.90. The largest absolute Gasteiger partial charge is 0.303 e. The molecule has 0 spiro atoms. The molecule has 1 aromatic carbocycles. The maximum atomic E-state index is 10.6. The summed E-state index contributed by atoms with van der Waals surface area (Å²) >= 11 is 11.9. The van der Waals surface area contributed by atoms with Crippen LogP contribution >= 0.6 is 23.2 Å². The van der Waals surface area contributed by atoms with Gasteiger partial charge in [0.25, 0.3) is 0 Å². The first-order chi connectivity index (χ1) is 6.56. The van der Waals surface area contributed by atoms with Crippen molar-refractivity contribution in [2.24, 2.45) is 5.92 Å². The van der Waals surface area contributed by atoms with E-state index in [1.165, 1.54) is 0 Å². The van der Waals surface area contributed by atoms with Crippen LogP contribution in [0.25, 0.3) is 0 Å². The van der Waals surface area contributed by atoms with Gasteiger partial charge in [0.2, 0.25) is 0 Å². The van der Waals surface area contributed by atoms with E-state index in [0.29, 0.717) is 10.0 Å². The maximum absolute atomic E-state index is 10.6. The van der Waals surface area contributed by atoms with E-state index in [4.69, 9.17) is 23.2 Å². The number of hydrogen-bond donors (Lipinski definition) is 0. The summed E-state index contributed by atoms with van der Waals surface area (Å²) in [6.07, 6.45) is 0.932. The van der Waals surface area contributed by atoms with Crippen LogP contribution in [-0.4, -0.2) is 6.29 Å². The lowest BCUT2D eigenvalue weighted by Gasteiger charge is -2.16. The minimum absolute atomic E-state index is 0.0500. The lowest BCUT2D eigenvalue weighted by molar-refractivity contribution is -0.111. The molecule has 0 aliphatic carbocycles. The van der Waals surface area contributed by atoms with Crippen molar-refractivity contribution < 1.29 is 4.79 Å². The number of benzene rings is 1. The molecule has 14 heavy (non-hydrogen) atoms. The molecule has 2 unspecified atom stereocenters. The summed E-state index contributed by atoms with van der Waals surface area (Å²) in [6, 6.07) is 5.31. The molecule has 76 valence electrons. The highest BCUT2D eigenvalue weighted by molar-refractivity contribution is 6.33. The molecule has 1 rings (SSSR count). The molecule has 0 aliphatic rings. The van der Waals surface area contributed by atoms with Crippen molar-refractivity contribution in [2.75, 3.05) is 0 Å². The fraction of sp³-hybridized carbons (Fsp3) is 0.364. The third-order valence-electron chi connectivity index (χ3n) is 2.45. The second-order valence-electron chi connectivity index (χ2n) is 3.45. The Morgan fingerprint density at radius 1 is 1.29 bits per heavy atom. The summed E-state index contributed by atoms with van der Waals surface area (Å²) in [4.78, 5) is 10.6. The van der Waals surface area contributed by atoms with E-state index in [2.05, 4.69) is 0 Å². The van der Waals surface area contributed by atoms with Crippen molar-refractivity contribution >= 4 is 29.5 Å². The zero-order chi connectivity index (χ0) is 10.7. The van der Waals surface area contributed by atoms with Crippen LogP contribution in [0.4, 0.5) is 0 Å². The molecule has 3 heteroatoms. The van der Waals surface area contributed by atoms with Gasteiger partial charge in [0.1, 0.15) is 6.29 Å². The second-order valence-corrected chi connectivity index (χ2v) is 4.29. The molecule has 0 fully saturated rings. The number of halogens is 2. The molecule has 1 aromatic rings. The van der Waals surface area contributed by atoms with Crippen molar-refractivity contribution in [2.45, 2.75) is 19.8 Å². The van der Waals surface area contributed by atoms with Gasteiger partial charge >= 0.3 is 0 Å². The van der Waals surface area contributed by atoms with Crippen molar-refractivity contribution in [3.8, 4) is 0 Å². The standard InChI is InChI=1S/C11H12Cl2O/c1-7(6-14)8(2)10-5-9(12)3-4-11(10)13/h3-8H,1-2H3. The Bertz CT molecular complexity index is 336. The minimum atomic E-state index is -0.0500. The van der Waals surface area contributed by atoms with Crippen LogP contribution < -0.4 is 0 Å². The molecule has 0 aliphatic heterocycles. The summed E-state index contributed by atoms with van der Waals surface area (Å²) in [5.74, 6) is 0.0460. The Hall–Kier alpha value is -0.530. The third-order valence-corrected chi connectivity index (χ3v) is 3.03. The monoisotopic (exact) mass is 230 g/mol. The topological polar surface area (TPSA) is 17.1 Å². The predicted octanol–water partition coefficient (Wildman–Crippen LogP) is 3.93. The van der Waals surface area contributed by atoms with Gasteiger partial charge in [-0.05, 0) is 29.7 Å². The smallest absolute Gasteiger partial charge is 0.123 e. The van der Waals surface area contributed by atoms with Crippen LogP contribution in [0.5, 0.6) is 0 Å². The van der Waals surface area contributed by atoms with Crippen LogP contribution in [0.2, 0.25) is 10.0 Å². The molecule has 0 N–H and O–H groups in total. The molecule has 0 bridgehead atoms. The van der Waals surface area contributed by atoms with Crippen molar-refractivity contribution in [1.82, 2.24) is 0 Å². The van der Waals surface area contributed by atoms with Gasteiger partial charge in [-0.25, -0.2) is 0 Å². The fourth-order valence-electron chi connectivity index (χ4n) is 1.26. The molecule has 0 amide bonds. The van der Waals surface area contributed by atoms with Gasteiger partial charge in [-0.15, -0.1) is 0 Å². The number of carbonyl (C=O) groups excluding carboxylic acids is 1. The van der Waals surface area contributed by atoms with Gasteiger partial charge in [0, 0.05) is 16.0 Å². The summed E-state index contributed by atoms with van der Waals surface area (Å²) in [6.45, 7) is 3.84. The van der Waals surface area contributed by atoms with E-state index in [1.807, 2.05) is 19.9 Å². The number of aldehydes is 1. The Labute approximate surface area is 94.0 Å². The van der Waals surface area contributed by atoms with Gasteiger partial charge in [0.15, 0.2) is 0 Å². The Balaban J connectivity index is 3.05. The van der Waals surface area contributed by atoms with Gasteiger partial charge in [-0.2, -0.15) is 0 Å². The average Bonchev–Trinajstić information content (AvgIpc) is 2.19. The van der Waals surface area contributed by atoms with Crippen LogP contribution in [0.3, 0.4) is 0 Å². The summed E-state index contributed by atoms with van der Waals surface area (Å²) in [7, 11) is 0. The molecular weight excluding hydrogens is 219 g/mol. The Morgan fingerprint density at radius 3 is 2.50 bits per heavy atom.